The van der Waals surface area contributed by atoms with E-state index in [-0.39, 0.29) is 18.0 Å². The van der Waals surface area contributed by atoms with Crippen LogP contribution in [0.5, 0.6) is 5.75 Å². The van der Waals surface area contributed by atoms with Crippen LogP contribution in [0.4, 0.5) is 4.39 Å². The predicted molar refractivity (Wildman–Crippen MR) is 77.0 cm³/mol. The molecule has 0 aliphatic heterocycles. The van der Waals surface area contributed by atoms with E-state index in [2.05, 4.69) is 4.98 Å². The average Bonchev–Trinajstić information content (AvgIpc) is 2.38. The molecule has 0 aliphatic rings. The largest absolute Gasteiger partial charge is 0.489 e. The highest BCUT2D eigenvalue weighted by atomic mass is 19.1. The molecular formula is C16H19FN2O. The van der Waals surface area contributed by atoms with E-state index < -0.39 is 0 Å². The third-order valence-corrected chi connectivity index (χ3v) is 2.88. The number of hydrogen-bond acceptors (Lipinski definition) is 3. The molecule has 2 rings (SSSR count). The molecule has 4 heteroatoms. The smallest absolute Gasteiger partial charge is 0.138 e. The maximum Gasteiger partial charge on any atom is 0.138 e. The summed E-state index contributed by atoms with van der Waals surface area (Å²) in [6.45, 7) is 3.92. The van der Waals surface area contributed by atoms with Crippen LogP contribution < -0.4 is 10.5 Å². The summed E-state index contributed by atoms with van der Waals surface area (Å²) in [7, 11) is 0. The topological polar surface area (TPSA) is 48.1 Å². The van der Waals surface area contributed by atoms with Gasteiger partial charge in [0.05, 0.1) is 12.3 Å². The molecule has 0 fully saturated rings. The number of halogens is 1. The van der Waals surface area contributed by atoms with Crippen molar-refractivity contribution in [1.29, 1.82) is 0 Å². The first-order valence-corrected chi connectivity index (χ1v) is 6.66. The van der Waals surface area contributed by atoms with Gasteiger partial charge in [-0.05, 0) is 49.6 Å². The van der Waals surface area contributed by atoms with Crippen molar-refractivity contribution in [2.45, 2.75) is 32.4 Å². The third-order valence-electron chi connectivity index (χ3n) is 2.88. The summed E-state index contributed by atoms with van der Waals surface area (Å²) in [5.74, 6) is 0.455. The highest BCUT2D eigenvalue weighted by molar-refractivity contribution is 5.28. The van der Waals surface area contributed by atoms with Crippen LogP contribution in [0.25, 0.3) is 0 Å². The number of aromatic nitrogens is 1. The molecule has 3 nitrogen and oxygen atoms in total. The second-order valence-electron chi connectivity index (χ2n) is 5.06. The van der Waals surface area contributed by atoms with Crippen LogP contribution >= 0.6 is 0 Å². The molecular weight excluding hydrogens is 255 g/mol. The first kappa shape index (κ1) is 14.5. The quantitative estimate of drug-likeness (QED) is 0.910. The van der Waals surface area contributed by atoms with E-state index >= 15 is 0 Å². The second kappa shape index (κ2) is 6.48. The van der Waals surface area contributed by atoms with Crippen LogP contribution in [0.3, 0.4) is 0 Å². The maximum atomic E-state index is 13.2. The Bertz CT molecular complexity index is 572. The number of pyridine rings is 1. The lowest BCUT2D eigenvalue weighted by atomic mass is 10.0. The molecule has 0 amide bonds. The average molecular weight is 274 g/mol. The molecule has 1 aromatic carbocycles. The van der Waals surface area contributed by atoms with E-state index in [0.717, 1.165) is 11.1 Å². The van der Waals surface area contributed by atoms with Gasteiger partial charge in [0.25, 0.3) is 0 Å². The fraction of sp³-hybridized carbons (Fsp3) is 0.312. The van der Waals surface area contributed by atoms with Crippen LogP contribution in [0.2, 0.25) is 0 Å². The van der Waals surface area contributed by atoms with E-state index in [4.69, 9.17) is 10.5 Å². The zero-order valence-electron chi connectivity index (χ0n) is 11.7. The zero-order chi connectivity index (χ0) is 14.5. The van der Waals surface area contributed by atoms with Crippen molar-refractivity contribution in [1.82, 2.24) is 4.98 Å². The number of nitrogens with zero attached hydrogens (tertiary/aromatic N) is 1. The minimum Gasteiger partial charge on any atom is -0.489 e. The fourth-order valence-electron chi connectivity index (χ4n) is 2.01. The van der Waals surface area contributed by atoms with Crippen LogP contribution in [0.15, 0.2) is 42.7 Å². The lowest BCUT2D eigenvalue weighted by Crippen LogP contribution is -2.14. The summed E-state index contributed by atoms with van der Waals surface area (Å²) in [5.41, 5.74) is 7.91. The van der Waals surface area contributed by atoms with Crippen LogP contribution in [0.1, 0.15) is 31.0 Å². The van der Waals surface area contributed by atoms with Crippen LogP contribution in [0, 0.1) is 5.82 Å². The third kappa shape index (κ3) is 4.03. The molecule has 106 valence electrons. The van der Waals surface area contributed by atoms with Crippen molar-refractivity contribution in [3.05, 3.63) is 59.7 Å². The van der Waals surface area contributed by atoms with E-state index in [1.165, 1.54) is 12.1 Å². The van der Waals surface area contributed by atoms with E-state index in [0.29, 0.717) is 12.2 Å². The van der Waals surface area contributed by atoms with E-state index in [1.54, 1.807) is 18.5 Å². The maximum absolute atomic E-state index is 13.2. The van der Waals surface area contributed by atoms with Crippen LogP contribution in [-0.2, 0) is 6.42 Å². The number of benzene rings is 1. The molecule has 1 unspecified atom stereocenters. The monoisotopic (exact) mass is 274 g/mol. The molecule has 0 spiro atoms. The molecule has 20 heavy (non-hydrogen) atoms. The highest BCUT2D eigenvalue weighted by Gasteiger charge is 2.10. The first-order valence-electron chi connectivity index (χ1n) is 6.66. The fourth-order valence-corrected chi connectivity index (χ4v) is 2.01. The molecule has 2 N–H and O–H groups in total. The van der Waals surface area contributed by atoms with Gasteiger partial charge in [0.15, 0.2) is 0 Å². The van der Waals surface area contributed by atoms with Crippen molar-refractivity contribution < 1.29 is 9.13 Å². The van der Waals surface area contributed by atoms with Gasteiger partial charge in [-0.2, -0.15) is 0 Å². The van der Waals surface area contributed by atoms with Crippen LogP contribution in [-0.4, -0.2) is 11.1 Å². The number of ether oxygens (including phenoxy) is 1. The van der Waals surface area contributed by atoms with Crippen molar-refractivity contribution >= 4 is 0 Å². The van der Waals surface area contributed by atoms with Gasteiger partial charge >= 0.3 is 0 Å². The molecule has 1 atom stereocenters. The SMILES string of the molecule is CC(C)Oc1cncc(C(N)Cc2cccc(F)c2)c1. The van der Waals surface area contributed by atoms with Gasteiger partial charge in [0.2, 0.25) is 0 Å². The minimum absolute atomic E-state index is 0.0893. The summed E-state index contributed by atoms with van der Waals surface area (Å²) in [6, 6.07) is 8.13. The highest BCUT2D eigenvalue weighted by Crippen LogP contribution is 2.20. The Hall–Kier alpha value is -1.94. The molecule has 1 aromatic heterocycles. The number of nitrogens with two attached hydrogens (primary N) is 1. The van der Waals surface area contributed by atoms with Crippen molar-refractivity contribution in [2.75, 3.05) is 0 Å². The standard InChI is InChI=1S/C16H19FN2O/c1-11(2)20-15-8-13(9-19-10-15)16(18)7-12-4-3-5-14(17)6-12/h3-6,8-11,16H,7,18H2,1-2H3. The Morgan fingerprint density at radius 3 is 2.75 bits per heavy atom. The molecule has 0 saturated heterocycles. The Kier molecular flexibility index (Phi) is 4.69. The molecule has 0 bridgehead atoms. The van der Waals surface area contributed by atoms with Gasteiger partial charge in [-0.15, -0.1) is 0 Å². The van der Waals surface area contributed by atoms with Gasteiger partial charge in [0.1, 0.15) is 11.6 Å². The number of hydrogen-bond donors (Lipinski definition) is 1. The minimum atomic E-state index is -0.246. The van der Waals surface area contributed by atoms with Gasteiger partial charge in [-0.3, -0.25) is 4.98 Å². The second-order valence-corrected chi connectivity index (χ2v) is 5.06. The zero-order valence-corrected chi connectivity index (χ0v) is 11.7. The Balaban J connectivity index is 2.10. The summed E-state index contributed by atoms with van der Waals surface area (Å²) in [4.78, 5) is 4.14. The summed E-state index contributed by atoms with van der Waals surface area (Å²) < 4.78 is 18.8. The van der Waals surface area contributed by atoms with Crippen molar-refractivity contribution in [2.24, 2.45) is 5.73 Å². The van der Waals surface area contributed by atoms with E-state index in [1.807, 2.05) is 26.0 Å². The predicted octanol–water partition coefficient (Wildman–Crippen LogP) is 3.25. The molecule has 0 radical (unpaired) electrons. The van der Waals surface area contributed by atoms with Crippen molar-refractivity contribution in [3.63, 3.8) is 0 Å². The number of rotatable bonds is 5. The normalized spacial score (nSPS) is 12.4. The summed E-state index contributed by atoms with van der Waals surface area (Å²) >= 11 is 0. The lowest BCUT2D eigenvalue weighted by Gasteiger charge is -2.14. The molecule has 2 aromatic rings. The van der Waals surface area contributed by atoms with Gasteiger partial charge in [0, 0.05) is 12.2 Å². The Morgan fingerprint density at radius 2 is 2.05 bits per heavy atom. The first-order chi connectivity index (χ1) is 9.54. The van der Waals surface area contributed by atoms with Gasteiger partial charge < -0.3 is 10.5 Å². The summed E-state index contributed by atoms with van der Waals surface area (Å²) in [6.07, 6.45) is 4.03. The Labute approximate surface area is 118 Å². The molecule has 0 saturated carbocycles. The summed E-state index contributed by atoms with van der Waals surface area (Å²) in [5, 5.41) is 0. The van der Waals surface area contributed by atoms with Gasteiger partial charge in [-0.1, -0.05) is 12.1 Å². The van der Waals surface area contributed by atoms with Gasteiger partial charge in [-0.25, -0.2) is 4.39 Å². The Morgan fingerprint density at radius 1 is 1.25 bits per heavy atom. The molecule has 0 aliphatic carbocycles. The molecule has 1 heterocycles. The van der Waals surface area contributed by atoms with E-state index in [9.17, 15) is 4.39 Å². The van der Waals surface area contributed by atoms with Crippen molar-refractivity contribution in [3.8, 4) is 5.75 Å². The lowest BCUT2D eigenvalue weighted by molar-refractivity contribution is 0.241.